The van der Waals surface area contributed by atoms with Crippen LogP contribution in [0.4, 0.5) is 5.69 Å². The molecule has 0 spiro atoms. The van der Waals surface area contributed by atoms with Crippen molar-refractivity contribution in [1.82, 2.24) is 9.88 Å². The lowest BCUT2D eigenvalue weighted by Crippen LogP contribution is -2.46. The van der Waals surface area contributed by atoms with Crippen molar-refractivity contribution >= 4 is 15.7 Å². The maximum Gasteiger partial charge on any atom is 0.218 e. The van der Waals surface area contributed by atoms with Crippen LogP contribution < -0.4 is 10.0 Å². The standard InChI is InChI=1S/C13H22N4O2S/c1-13(2,20(14,18)19)11-10-15-5-4-12(11)17-8-6-16(3)7-9-17/h4-5,10H,6-9H2,1-3H3,(H2,14,18,19). The number of rotatable bonds is 3. The highest BCUT2D eigenvalue weighted by molar-refractivity contribution is 7.90. The number of nitrogens with two attached hydrogens (primary N) is 1. The average Bonchev–Trinajstić information content (AvgIpc) is 2.38. The topological polar surface area (TPSA) is 79.5 Å². The molecule has 112 valence electrons. The lowest BCUT2D eigenvalue weighted by molar-refractivity contribution is 0.312. The van der Waals surface area contributed by atoms with Crippen molar-refractivity contribution in [2.45, 2.75) is 18.6 Å². The molecular formula is C13H22N4O2S. The molecule has 0 amide bonds. The Hall–Kier alpha value is -1.18. The fourth-order valence-corrected chi connectivity index (χ4v) is 2.79. The average molecular weight is 298 g/mol. The molecule has 0 aliphatic carbocycles. The summed E-state index contributed by atoms with van der Waals surface area (Å²) >= 11 is 0. The highest BCUT2D eigenvalue weighted by atomic mass is 32.2. The molecule has 1 aromatic rings. The number of hydrogen-bond donors (Lipinski definition) is 1. The van der Waals surface area contributed by atoms with Crippen molar-refractivity contribution in [3.05, 3.63) is 24.0 Å². The van der Waals surface area contributed by atoms with Gasteiger partial charge >= 0.3 is 0 Å². The molecule has 0 saturated carbocycles. The molecular weight excluding hydrogens is 276 g/mol. The maximum atomic E-state index is 11.9. The van der Waals surface area contributed by atoms with Crippen molar-refractivity contribution in [2.24, 2.45) is 5.14 Å². The SMILES string of the molecule is CN1CCN(c2ccncc2C(C)(C)S(N)(=O)=O)CC1. The van der Waals surface area contributed by atoms with E-state index in [1.165, 1.54) is 0 Å². The second kappa shape index (κ2) is 5.31. The minimum atomic E-state index is -3.70. The summed E-state index contributed by atoms with van der Waals surface area (Å²) in [6.45, 7) is 6.90. The summed E-state index contributed by atoms with van der Waals surface area (Å²) < 4.78 is 22.6. The van der Waals surface area contributed by atoms with Crippen molar-refractivity contribution in [1.29, 1.82) is 0 Å². The van der Waals surface area contributed by atoms with Gasteiger partial charge in [-0.25, -0.2) is 13.6 Å². The first-order valence-electron chi connectivity index (χ1n) is 6.64. The summed E-state index contributed by atoms with van der Waals surface area (Å²) in [6.07, 6.45) is 3.30. The number of likely N-dealkylation sites (N-methyl/N-ethyl adjacent to an activating group) is 1. The highest BCUT2D eigenvalue weighted by Crippen LogP contribution is 2.34. The Kier molecular flexibility index (Phi) is 4.04. The molecule has 7 heteroatoms. The Balaban J connectivity index is 2.41. The van der Waals surface area contributed by atoms with Crippen molar-refractivity contribution in [2.75, 3.05) is 38.1 Å². The Labute approximate surface area is 120 Å². The van der Waals surface area contributed by atoms with Crippen molar-refractivity contribution < 1.29 is 8.42 Å². The molecule has 1 fully saturated rings. The fraction of sp³-hybridized carbons (Fsp3) is 0.615. The molecule has 0 radical (unpaired) electrons. The van der Waals surface area contributed by atoms with Crippen LogP contribution in [-0.2, 0) is 14.8 Å². The third kappa shape index (κ3) is 2.79. The van der Waals surface area contributed by atoms with Crippen molar-refractivity contribution in [3.8, 4) is 0 Å². The highest BCUT2D eigenvalue weighted by Gasteiger charge is 2.36. The minimum Gasteiger partial charge on any atom is -0.369 e. The van der Waals surface area contributed by atoms with E-state index in [4.69, 9.17) is 5.14 Å². The van der Waals surface area contributed by atoms with Gasteiger partial charge in [0.2, 0.25) is 10.0 Å². The van der Waals surface area contributed by atoms with Crippen LogP contribution in [0.2, 0.25) is 0 Å². The number of aromatic nitrogens is 1. The third-order valence-corrected chi connectivity index (χ3v) is 5.64. The smallest absolute Gasteiger partial charge is 0.218 e. The number of anilines is 1. The predicted octanol–water partition coefficient (Wildman–Crippen LogP) is 0.357. The van der Waals surface area contributed by atoms with Gasteiger partial charge in [0.15, 0.2) is 0 Å². The molecule has 2 rings (SSSR count). The van der Waals surface area contributed by atoms with E-state index in [1.54, 1.807) is 26.2 Å². The molecule has 0 unspecified atom stereocenters. The van der Waals surface area contributed by atoms with E-state index in [1.807, 2.05) is 6.07 Å². The van der Waals surface area contributed by atoms with Crippen LogP contribution in [0.3, 0.4) is 0 Å². The van der Waals surface area contributed by atoms with E-state index in [0.717, 1.165) is 31.9 Å². The van der Waals surface area contributed by atoms with E-state index in [9.17, 15) is 8.42 Å². The first kappa shape index (κ1) is 15.2. The van der Waals surface area contributed by atoms with Gasteiger partial charge < -0.3 is 9.80 Å². The Bertz CT molecular complexity index is 578. The molecule has 1 saturated heterocycles. The molecule has 0 atom stereocenters. The van der Waals surface area contributed by atoms with Crippen LogP contribution in [0.15, 0.2) is 18.5 Å². The monoisotopic (exact) mass is 298 g/mol. The summed E-state index contributed by atoms with van der Waals surface area (Å²) in [5.41, 5.74) is 1.57. The van der Waals surface area contributed by atoms with E-state index in [2.05, 4.69) is 21.8 Å². The molecule has 2 heterocycles. The van der Waals surface area contributed by atoms with Gasteiger partial charge in [-0.15, -0.1) is 0 Å². The number of primary sulfonamides is 1. The maximum absolute atomic E-state index is 11.9. The number of sulfonamides is 1. The molecule has 0 aromatic carbocycles. The van der Waals surface area contributed by atoms with Crippen LogP contribution in [0, 0.1) is 0 Å². The summed E-state index contributed by atoms with van der Waals surface area (Å²) in [5, 5.41) is 5.38. The minimum absolute atomic E-state index is 0.659. The normalized spacial score (nSPS) is 18.3. The molecule has 1 aromatic heterocycles. The van der Waals surface area contributed by atoms with Gasteiger partial charge in [-0.3, -0.25) is 4.98 Å². The lowest BCUT2D eigenvalue weighted by Gasteiger charge is -2.37. The summed E-state index contributed by atoms with van der Waals surface area (Å²) in [5.74, 6) is 0. The predicted molar refractivity (Wildman–Crippen MR) is 80.1 cm³/mol. The molecule has 0 bridgehead atoms. The van der Waals surface area contributed by atoms with E-state index >= 15 is 0 Å². The van der Waals surface area contributed by atoms with Crippen LogP contribution in [-0.4, -0.2) is 51.5 Å². The first-order valence-corrected chi connectivity index (χ1v) is 8.18. The number of hydrogen-bond acceptors (Lipinski definition) is 5. The summed E-state index contributed by atoms with van der Waals surface area (Å²) in [7, 11) is -1.62. The zero-order chi connectivity index (χ0) is 15.0. The first-order chi connectivity index (χ1) is 9.23. The summed E-state index contributed by atoms with van der Waals surface area (Å²) in [6, 6.07) is 1.87. The van der Waals surface area contributed by atoms with E-state index in [-0.39, 0.29) is 0 Å². The second-order valence-corrected chi connectivity index (χ2v) is 7.85. The van der Waals surface area contributed by atoms with Crippen LogP contribution >= 0.6 is 0 Å². The lowest BCUT2D eigenvalue weighted by atomic mass is 10.0. The van der Waals surface area contributed by atoms with Gasteiger partial charge in [0, 0.05) is 49.8 Å². The van der Waals surface area contributed by atoms with Gasteiger partial charge in [-0.05, 0) is 27.0 Å². The zero-order valence-electron chi connectivity index (χ0n) is 12.2. The van der Waals surface area contributed by atoms with Gasteiger partial charge in [-0.2, -0.15) is 0 Å². The largest absolute Gasteiger partial charge is 0.369 e. The van der Waals surface area contributed by atoms with Gasteiger partial charge in [0.05, 0.1) is 0 Å². The van der Waals surface area contributed by atoms with Crippen LogP contribution in [0.1, 0.15) is 19.4 Å². The Morgan fingerprint density at radius 3 is 2.40 bits per heavy atom. The van der Waals surface area contributed by atoms with Gasteiger partial charge in [-0.1, -0.05) is 0 Å². The Morgan fingerprint density at radius 2 is 1.85 bits per heavy atom. The van der Waals surface area contributed by atoms with E-state index in [0.29, 0.717) is 5.56 Å². The summed E-state index contributed by atoms with van der Waals surface area (Å²) in [4.78, 5) is 8.53. The third-order valence-electron chi connectivity index (χ3n) is 4.00. The second-order valence-electron chi connectivity index (χ2n) is 5.74. The number of piperazine rings is 1. The van der Waals surface area contributed by atoms with Gasteiger partial charge in [0.1, 0.15) is 4.75 Å². The fourth-order valence-electron chi connectivity index (χ4n) is 2.33. The van der Waals surface area contributed by atoms with Gasteiger partial charge in [0.25, 0.3) is 0 Å². The molecule has 20 heavy (non-hydrogen) atoms. The number of nitrogens with zero attached hydrogens (tertiary/aromatic N) is 3. The molecule has 1 aliphatic rings. The quantitative estimate of drug-likeness (QED) is 0.871. The zero-order valence-corrected chi connectivity index (χ0v) is 13.0. The molecule has 2 N–H and O–H groups in total. The number of pyridine rings is 1. The van der Waals surface area contributed by atoms with Crippen LogP contribution in [0.5, 0.6) is 0 Å². The molecule has 6 nitrogen and oxygen atoms in total. The van der Waals surface area contributed by atoms with E-state index < -0.39 is 14.8 Å². The van der Waals surface area contributed by atoms with Crippen molar-refractivity contribution in [3.63, 3.8) is 0 Å². The molecule has 1 aliphatic heterocycles. The van der Waals surface area contributed by atoms with Crippen LogP contribution in [0.25, 0.3) is 0 Å². The Morgan fingerprint density at radius 1 is 1.25 bits per heavy atom.